The summed E-state index contributed by atoms with van der Waals surface area (Å²) in [6.07, 6.45) is 4.44. The van der Waals surface area contributed by atoms with Gasteiger partial charge in [0.1, 0.15) is 5.75 Å². The molecule has 1 fully saturated rings. The molecule has 1 aromatic carbocycles. The third kappa shape index (κ3) is 5.23. The van der Waals surface area contributed by atoms with E-state index in [1.54, 1.807) is 25.1 Å². The fourth-order valence-corrected chi connectivity index (χ4v) is 3.04. The van der Waals surface area contributed by atoms with Gasteiger partial charge < -0.3 is 19.9 Å². The van der Waals surface area contributed by atoms with Gasteiger partial charge in [-0.2, -0.15) is 0 Å². The van der Waals surface area contributed by atoms with E-state index in [0.29, 0.717) is 11.3 Å². The Labute approximate surface area is 142 Å². The zero-order valence-electron chi connectivity index (χ0n) is 14.2. The van der Waals surface area contributed by atoms with Crippen LogP contribution in [0.25, 0.3) is 0 Å². The van der Waals surface area contributed by atoms with Crippen LogP contribution in [0.2, 0.25) is 0 Å². The number of ether oxygens (including phenoxy) is 2. The summed E-state index contributed by atoms with van der Waals surface area (Å²) in [5, 5.41) is 11.8. The molecule has 0 saturated heterocycles. The Morgan fingerprint density at radius 1 is 1.33 bits per heavy atom. The van der Waals surface area contributed by atoms with Crippen molar-refractivity contribution in [2.24, 2.45) is 0 Å². The fraction of sp³-hybridized carbons (Fsp3) is 0.556. The van der Waals surface area contributed by atoms with Crippen molar-refractivity contribution < 1.29 is 24.2 Å². The Balaban J connectivity index is 2.06. The van der Waals surface area contributed by atoms with E-state index < -0.39 is 11.5 Å². The van der Waals surface area contributed by atoms with Crippen LogP contribution in [0.15, 0.2) is 24.3 Å². The van der Waals surface area contributed by atoms with Crippen LogP contribution in [0.3, 0.4) is 0 Å². The van der Waals surface area contributed by atoms with Gasteiger partial charge in [-0.25, -0.2) is 0 Å². The second kappa shape index (κ2) is 8.15. The van der Waals surface area contributed by atoms with Crippen LogP contribution in [0.4, 0.5) is 0 Å². The van der Waals surface area contributed by atoms with Crippen molar-refractivity contribution in [1.82, 2.24) is 5.32 Å². The van der Waals surface area contributed by atoms with Crippen LogP contribution in [0.5, 0.6) is 5.75 Å². The summed E-state index contributed by atoms with van der Waals surface area (Å²) in [4.78, 5) is 23.5. The lowest BCUT2D eigenvalue weighted by Gasteiger charge is -2.28. The first-order chi connectivity index (χ1) is 11.4. The summed E-state index contributed by atoms with van der Waals surface area (Å²) in [5.41, 5.74) is -0.529. The molecule has 1 aromatic rings. The van der Waals surface area contributed by atoms with Crippen LogP contribution in [-0.2, 0) is 9.53 Å². The van der Waals surface area contributed by atoms with Gasteiger partial charge in [0.25, 0.3) is 5.91 Å². The molecule has 6 heteroatoms. The van der Waals surface area contributed by atoms with E-state index in [2.05, 4.69) is 5.32 Å². The Bertz CT molecular complexity index is 583. The Kier molecular flexibility index (Phi) is 6.20. The van der Waals surface area contributed by atoms with Gasteiger partial charge in [-0.15, -0.1) is 0 Å². The van der Waals surface area contributed by atoms with Crippen molar-refractivity contribution in [3.05, 3.63) is 29.8 Å². The number of carboxylic acid groups (broad SMARTS) is 1. The molecule has 2 N–H and O–H groups in total. The van der Waals surface area contributed by atoms with Crippen molar-refractivity contribution in [2.75, 3.05) is 13.7 Å². The molecule has 132 valence electrons. The molecule has 1 amide bonds. The summed E-state index contributed by atoms with van der Waals surface area (Å²) in [6.45, 7) is 1.77. The average Bonchev–Trinajstić information content (AvgIpc) is 2.99. The molecule has 0 radical (unpaired) electrons. The maximum Gasteiger partial charge on any atom is 0.305 e. The Morgan fingerprint density at radius 2 is 2.04 bits per heavy atom. The van der Waals surface area contributed by atoms with Crippen LogP contribution in [0, 0.1) is 0 Å². The minimum atomic E-state index is -0.992. The standard InChI is InChI=1S/C18H25NO5/c1-18(12-23-2,11-16(20)21)19-17(22)13-6-5-9-15(10-13)24-14-7-3-4-8-14/h5-6,9-10,14H,3-4,7-8,11-12H2,1-2H3,(H,19,22)(H,20,21). The molecular weight excluding hydrogens is 310 g/mol. The number of carbonyl (C=O) groups excluding carboxylic acids is 1. The summed E-state index contributed by atoms with van der Waals surface area (Å²) in [5.74, 6) is -0.665. The molecule has 0 spiro atoms. The van der Waals surface area contributed by atoms with Gasteiger partial charge in [0.15, 0.2) is 0 Å². The maximum atomic E-state index is 12.5. The van der Waals surface area contributed by atoms with Crippen molar-refractivity contribution >= 4 is 11.9 Å². The van der Waals surface area contributed by atoms with Crippen molar-refractivity contribution in [3.8, 4) is 5.75 Å². The molecule has 1 aliphatic rings. The monoisotopic (exact) mass is 335 g/mol. The summed E-state index contributed by atoms with van der Waals surface area (Å²) in [7, 11) is 1.47. The van der Waals surface area contributed by atoms with E-state index in [4.69, 9.17) is 14.6 Å². The van der Waals surface area contributed by atoms with Gasteiger partial charge in [0.2, 0.25) is 0 Å². The molecule has 2 rings (SSSR count). The van der Waals surface area contributed by atoms with E-state index >= 15 is 0 Å². The highest BCUT2D eigenvalue weighted by Gasteiger charge is 2.30. The average molecular weight is 335 g/mol. The second-order valence-corrected chi connectivity index (χ2v) is 6.57. The molecule has 24 heavy (non-hydrogen) atoms. The van der Waals surface area contributed by atoms with Crippen molar-refractivity contribution in [1.29, 1.82) is 0 Å². The topological polar surface area (TPSA) is 84.9 Å². The van der Waals surface area contributed by atoms with E-state index in [-0.39, 0.29) is 25.0 Å². The fourth-order valence-electron chi connectivity index (χ4n) is 3.04. The first kappa shape index (κ1) is 18.3. The normalized spacial score (nSPS) is 17.2. The van der Waals surface area contributed by atoms with Crippen LogP contribution >= 0.6 is 0 Å². The van der Waals surface area contributed by atoms with E-state index in [0.717, 1.165) is 12.8 Å². The van der Waals surface area contributed by atoms with Crippen LogP contribution < -0.4 is 10.1 Å². The minimum Gasteiger partial charge on any atom is -0.490 e. The van der Waals surface area contributed by atoms with E-state index in [1.165, 1.54) is 20.0 Å². The third-order valence-corrected chi connectivity index (χ3v) is 4.12. The molecule has 0 heterocycles. The first-order valence-corrected chi connectivity index (χ1v) is 8.22. The first-order valence-electron chi connectivity index (χ1n) is 8.22. The summed E-state index contributed by atoms with van der Waals surface area (Å²) >= 11 is 0. The maximum absolute atomic E-state index is 12.5. The molecule has 1 saturated carbocycles. The molecule has 6 nitrogen and oxygen atoms in total. The smallest absolute Gasteiger partial charge is 0.305 e. The zero-order valence-corrected chi connectivity index (χ0v) is 14.2. The predicted octanol–water partition coefficient (Wildman–Crippen LogP) is 2.62. The Hall–Kier alpha value is -2.08. The second-order valence-electron chi connectivity index (χ2n) is 6.57. The highest BCUT2D eigenvalue weighted by atomic mass is 16.5. The summed E-state index contributed by atoms with van der Waals surface area (Å²) in [6, 6.07) is 6.98. The summed E-state index contributed by atoms with van der Waals surface area (Å²) < 4.78 is 11.0. The van der Waals surface area contributed by atoms with Gasteiger partial charge in [0.05, 0.1) is 24.7 Å². The lowest BCUT2D eigenvalue weighted by molar-refractivity contribution is -0.139. The van der Waals surface area contributed by atoms with Gasteiger partial charge in [-0.05, 0) is 50.8 Å². The van der Waals surface area contributed by atoms with E-state index in [1.807, 2.05) is 6.07 Å². The number of methoxy groups -OCH3 is 1. The Morgan fingerprint density at radius 3 is 2.67 bits per heavy atom. The number of amides is 1. The van der Waals surface area contributed by atoms with Gasteiger partial charge >= 0.3 is 5.97 Å². The lowest BCUT2D eigenvalue weighted by atomic mass is 9.98. The number of hydrogen-bond donors (Lipinski definition) is 2. The van der Waals surface area contributed by atoms with Crippen LogP contribution in [0.1, 0.15) is 49.4 Å². The lowest BCUT2D eigenvalue weighted by Crippen LogP contribution is -2.50. The third-order valence-electron chi connectivity index (χ3n) is 4.12. The number of benzene rings is 1. The quantitative estimate of drug-likeness (QED) is 0.763. The zero-order chi connectivity index (χ0) is 17.6. The van der Waals surface area contributed by atoms with Gasteiger partial charge in [0, 0.05) is 12.7 Å². The SMILES string of the molecule is COCC(C)(CC(=O)O)NC(=O)c1cccc(OC2CCCC2)c1. The number of nitrogens with one attached hydrogen (secondary N) is 1. The van der Waals surface area contributed by atoms with Crippen molar-refractivity contribution in [2.45, 2.75) is 50.7 Å². The molecule has 0 aliphatic heterocycles. The molecule has 0 aromatic heterocycles. The minimum absolute atomic E-state index is 0.114. The van der Waals surface area contributed by atoms with Gasteiger partial charge in [-0.3, -0.25) is 9.59 Å². The largest absolute Gasteiger partial charge is 0.490 e. The predicted molar refractivity (Wildman–Crippen MR) is 89.3 cm³/mol. The number of carbonyl (C=O) groups is 2. The number of hydrogen-bond acceptors (Lipinski definition) is 4. The van der Waals surface area contributed by atoms with Gasteiger partial charge in [-0.1, -0.05) is 6.07 Å². The van der Waals surface area contributed by atoms with E-state index in [9.17, 15) is 9.59 Å². The van der Waals surface area contributed by atoms with Crippen molar-refractivity contribution in [3.63, 3.8) is 0 Å². The highest BCUT2D eigenvalue weighted by Crippen LogP contribution is 2.24. The molecular formula is C18H25NO5. The number of rotatable bonds is 8. The molecule has 1 aliphatic carbocycles. The van der Waals surface area contributed by atoms with Crippen LogP contribution in [-0.4, -0.2) is 42.3 Å². The highest BCUT2D eigenvalue weighted by molar-refractivity contribution is 5.95. The molecule has 0 bridgehead atoms. The number of aliphatic carboxylic acids is 1. The number of carboxylic acids is 1. The molecule has 1 atom stereocenters. The molecule has 1 unspecified atom stereocenters.